The molecule has 0 bridgehead atoms. The molecule has 1 rings (SSSR count). The van der Waals surface area contributed by atoms with E-state index in [-0.39, 0.29) is 6.04 Å². The van der Waals surface area contributed by atoms with Crippen LogP contribution in [-0.2, 0) is 6.42 Å². The van der Waals surface area contributed by atoms with Crippen LogP contribution >= 0.6 is 23.4 Å². The molecule has 0 amide bonds. The fraction of sp³-hybridized carbons (Fsp3) is 0.571. The Labute approximate surface area is 119 Å². The number of rotatable bonds is 7. The molecule has 0 radical (unpaired) electrons. The third kappa shape index (κ3) is 5.51. The van der Waals surface area contributed by atoms with E-state index in [0.29, 0.717) is 5.92 Å². The number of methoxy groups -OCH3 is 1. The summed E-state index contributed by atoms with van der Waals surface area (Å²) in [6.45, 7) is 4.44. The average Bonchev–Trinajstić information content (AvgIpc) is 2.28. The number of benzene rings is 1. The maximum Gasteiger partial charge on any atom is 0.122 e. The smallest absolute Gasteiger partial charge is 0.122 e. The molecular weight excluding hydrogens is 266 g/mol. The average molecular weight is 288 g/mol. The van der Waals surface area contributed by atoms with Crippen LogP contribution in [0.4, 0.5) is 0 Å². The third-order valence-corrected chi connectivity index (χ3v) is 4.31. The number of hydrogen-bond acceptors (Lipinski definition) is 3. The Morgan fingerprint density at radius 2 is 2.06 bits per heavy atom. The van der Waals surface area contributed by atoms with Gasteiger partial charge in [-0.2, -0.15) is 11.8 Å². The van der Waals surface area contributed by atoms with Crippen molar-refractivity contribution in [3.63, 3.8) is 0 Å². The van der Waals surface area contributed by atoms with Gasteiger partial charge in [0.1, 0.15) is 5.75 Å². The van der Waals surface area contributed by atoms with Crippen molar-refractivity contribution in [1.82, 2.24) is 0 Å². The first kappa shape index (κ1) is 15.7. The number of halogens is 1. The summed E-state index contributed by atoms with van der Waals surface area (Å²) in [6.07, 6.45) is 0.800. The van der Waals surface area contributed by atoms with Crippen molar-refractivity contribution < 1.29 is 4.74 Å². The Morgan fingerprint density at radius 1 is 1.33 bits per heavy atom. The molecule has 0 heterocycles. The van der Waals surface area contributed by atoms with E-state index in [9.17, 15) is 0 Å². The second-order valence-electron chi connectivity index (χ2n) is 4.85. The molecule has 4 heteroatoms. The van der Waals surface area contributed by atoms with Gasteiger partial charge in [0.2, 0.25) is 0 Å². The van der Waals surface area contributed by atoms with Gasteiger partial charge in [0.05, 0.1) is 7.11 Å². The Balaban J connectivity index is 2.52. The molecule has 2 nitrogen and oxygen atoms in total. The van der Waals surface area contributed by atoms with Crippen molar-refractivity contribution >= 4 is 23.4 Å². The van der Waals surface area contributed by atoms with Crippen LogP contribution in [0.5, 0.6) is 5.75 Å². The summed E-state index contributed by atoms with van der Waals surface area (Å²) in [4.78, 5) is 0. The molecule has 102 valence electrons. The molecule has 1 aromatic rings. The lowest BCUT2D eigenvalue weighted by Gasteiger charge is -2.15. The molecule has 2 N–H and O–H groups in total. The van der Waals surface area contributed by atoms with Gasteiger partial charge in [0.25, 0.3) is 0 Å². The highest BCUT2D eigenvalue weighted by Crippen LogP contribution is 2.24. The second-order valence-corrected chi connectivity index (χ2v) is 6.36. The van der Waals surface area contributed by atoms with E-state index in [1.165, 1.54) is 0 Å². The van der Waals surface area contributed by atoms with E-state index >= 15 is 0 Å². The van der Waals surface area contributed by atoms with Crippen LogP contribution in [0.3, 0.4) is 0 Å². The van der Waals surface area contributed by atoms with Crippen molar-refractivity contribution in [2.75, 3.05) is 18.6 Å². The van der Waals surface area contributed by atoms with Crippen molar-refractivity contribution in [3.05, 3.63) is 28.8 Å². The largest absolute Gasteiger partial charge is 0.496 e. The molecular formula is C14H22ClNOS. The number of nitrogens with two attached hydrogens (primary N) is 1. The minimum absolute atomic E-state index is 0.140. The summed E-state index contributed by atoms with van der Waals surface area (Å²) < 4.78 is 5.32. The van der Waals surface area contributed by atoms with Gasteiger partial charge in [-0.1, -0.05) is 25.4 Å². The highest BCUT2D eigenvalue weighted by atomic mass is 35.5. The van der Waals surface area contributed by atoms with Gasteiger partial charge in [-0.25, -0.2) is 0 Å². The zero-order valence-corrected chi connectivity index (χ0v) is 12.9. The fourth-order valence-electron chi connectivity index (χ4n) is 1.70. The van der Waals surface area contributed by atoms with Crippen LogP contribution in [0.2, 0.25) is 5.02 Å². The predicted octanol–water partition coefficient (Wildman–Crippen LogP) is 3.61. The minimum Gasteiger partial charge on any atom is -0.496 e. The van der Waals surface area contributed by atoms with Crippen LogP contribution < -0.4 is 10.5 Å². The standard InChI is InChI=1S/C14H22ClNOS/c1-10(2)8-18-9-13(16)7-11-6-12(15)4-5-14(11)17-3/h4-6,10,13H,7-9,16H2,1-3H3. The normalized spacial score (nSPS) is 12.8. The van der Waals surface area contributed by atoms with Gasteiger partial charge >= 0.3 is 0 Å². The van der Waals surface area contributed by atoms with E-state index in [4.69, 9.17) is 22.1 Å². The highest BCUT2D eigenvalue weighted by molar-refractivity contribution is 7.99. The first-order valence-electron chi connectivity index (χ1n) is 6.18. The van der Waals surface area contributed by atoms with Crippen LogP contribution in [-0.4, -0.2) is 24.7 Å². The molecule has 18 heavy (non-hydrogen) atoms. The summed E-state index contributed by atoms with van der Waals surface area (Å²) in [6, 6.07) is 5.81. The molecule has 0 aliphatic rings. The quantitative estimate of drug-likeness (QED) is 0.832. The van der Waals surface area contributed by atoms with Crippen molar-refractivity contribution in [2.24, 2.45) is 11.7 Å². The maximum absolute atomic E-state index is 6.15. The zero-order valence-electron chi connectivity index (χ0n) is 11.3. The molecule has 1 aromatic carbocycles. The van der Waals surface area contributed by atoms with Crippen molar-refractivity contribution in [2.45, 2.75) is 26.3 Å². The zero-order chi connectivity index (χ0) is 13.5. The van der Waals surface area contributed by atoms with Crippen molar-refractivity contribution in [3.8, 4) is 5.75 Å². The molecule has 0 aliphatic carbocycles. The molecule has 0 saturated carbocycles. The monoisotopic (exact) mass is 287 g/mol. The van der Waals surface area contributed by atoms with Gasteiger partial charge in [-0.05, 0) is 41.9 Å². The molecule has 1 atom stereocenters. The Hall–Kier alpha value is -0.380. The number of thioether (sulfide) groups is 1. The third-order valence-electron chi connectivity index (χ3n) is 2.51. The van der Waals surface area contributed by atoms with Crippen LogP contribution in [0.25, 0.3) is 0 Å². The molecule has 0 aromatic heterocycles. The van der Waals surface area contributed by atoms with Gasteiger partial charge in [-0.15, -0.1) is 0 Å². The first-order chi connectivity index (χ1) is 8.52. The number of ether oxygens (including phenoxy) is 1. The Morgan fingerprint density at radius 3 is 2.67 bits per heavy atom. The van der Waals surface area contributed by atoms with Gasteiger partial charge < -0.3 is 10.5 Å². The Kier molecular flexibility index (Phi) is 6.90. The van der Waals surface area contributed by atoms with Gasteiger partial charge in [0, 0.05) is 16.8 Å². The van der Waals surface area contributed by atoms with E-state index in [1.54, 1.807) is 7.11 Å². The maximum atomic E-state index is 6.15. The lowest BCUT2D eigenvalue weighted by Crippen LogP contribution is -2.26. The first-order valence-corrected chi connectivity index (χ1v) is 7.72. The predicted molar refractivity (Wildman–Crippen MR) is 81.8 cm³/mol. The Bertz CT molecular complexity index is 371. The minimum atomic E-state index is 0.140. The number of hydrogen-bond donors (Lipinski definition) is 1. The summed E-state index contributed by atoms with van der Waals surface area (Å²) in [7, 11) is 1.67. The summed E-state index contributed by atoms with van der Waals surface area (Å²) in [5, 5.41) is 0.729. The van der Waals surface area contributed by atoms with Crippen LogP contribution in [0.15, 0.2) is 18.2 Å². The van der Waals surface area contributed by atoms with E-state index in [1.807, 2.05) is 30.0 Å². The van der Waals surface area contributed by atoms with E-state index < -0.39 is 0 Å². The molecule has 0 aliphatic heterocycles. The lowest BCUT2D eigenvalue weighted by atomic mass is 10.1. The van der Waals surface area contributed by atoms with Gasteiger partial charge in [0.15, 0.2) is 0 Å². The van der Waals surface area contributed by atoms with Crippen LogP contribution in [0.1, 0.15) is 19.4 Å². The summed E-state index contributed by atoms with van der Waals surface area (Å²) >= 11 is 7.91. The SMILES string of the molecule is COc1ccc(Cl)cc1CC(N)CSCC(C)C. The molecule has 0 fully saturated rings. The lowest BCUT2D eigenvalue weighted by molar-refractivity contribution is 0.408. The topological polar surface area (TPSA) is 35.2 Å². The fourth-order valence-corrected chi connectivity index (χ4v) is 2.93. The van der Waals surface area contributed by atoms with Crippen molar-refractivity contribution in [1.29, 1.82) is 0 Å². The molecule has 0 spiro atoms. The van der Waals surface area contributed by atoms with Crippen LogP contribution in [0, 0.1) is 5.92 Å². The van der Waals surface area contributed by atoms with E-state index in [0.717, 1.165) is 34.3 Å². The van der Waals surface area contributed by atoms with Gasteiger partial charge in [-0.3, -0.25) is 0 Å². The molecule has 1 unspecified atom stereocenters. The highest BCUT2D eigenvalue weighted by Gasteiger charge is 2.10. The van der Waals surface area contributed by atoms with E-state index in [2.05, 4.69) is 13.8 Å². The second kappa shape index (κ2) is 7.93. The molecule has 0 saturated heterocycles. The summed E-state index contributed by atoms with van der Waals surface area (Å²) in [5.41, 5.74) is 7.23. The summed E-state index contributed by atoms with van der Waals surface area (Å²) in [5.74, 6) is 3.69.